The lowest BCUT2D eigenvalue weighted by molar-refractivity contribution is -0.577. The highest BCUT2D eigenvalue weighted by molar-refractivity contribution is 7.92. The molecule has 42 heavy (non-hydrogen) atoms. The van der Waals surface area contributed by atoms with E-state index in [1.54, 1.807) is 12.1 Å². The second kappa shape index (κ2) is 11.2. The molecule has 7 rings (SSSR count). The Labute approximate surface area is 246 Å². The van der Waals surface area contributed by atoms with Gasteiger partial charge in [-0.1, -0.05) is 13.8 Å². The molecule has 13 heteroatoms. The van der Waals surface area contributed by atoms with Crippen LogP contribution in [0, 0.1) is 23.7 Å². The lowest BCUT2D eigenvalue weighted by Crippen LogP contribution is -2.70. The number of benzene rings is 1. The van der Waals surface area contributed by atoms with Crippen LogP contribution in [0.1, 0.15) is 52.9 Å². The summed E-state index contributed by atoms with van der Waals surface area (Å²) in [6.07, 6.45) is 4.27. The van der Waals surface area contributed by atoms with Crippen LogP contribution in [0.15, 0.2) is 41.6 Å². The largest absolute Gasteiger partial charge is 0.481 e. The molecule has 5 fully saturated rings. The van der Waals surface area contributed by atoms with Gasteiger partial charge in [0.1, 0.15) is 12.1 Å². The first-order valence-corrected chi connectivity index (χ1v) is 16.1. The first-order chi connectivity index (χ1) is 20.1. The van der Waals surface area contributed by atoms with Gasteiger partial charge in [-0.3, -0.25) is 0 Å². The Hall–Kier alpha value is -2.55. The molecule has 1 aromatic carbocycles. The van der Waals surface area contributed by atoms with Gasteiger partial charge in [0, 0.05) is 36.6 Å². The first-order valence-electron chi connectivity index (χ1n) is 14.6. The molecule has 4 saturated heterocycles. The molecule has 5 heterocycles. The number of hydrogen-bond donors (Lipinski definition) is 1. The number of nitrogens with two attached hydrogens (primary N) is 1. The lowest BCUT2D eigenvalue weighted by Gasteiger charge is -2.60. The zero-order valence-electron chi connectivity index (χ0n) is 24.5. The van der Waals surface area contributed by atoms with Crippen LogP contribution in [0.5, 0.6) is 5.88 Å². The van der Waals surface area contributed by atoms with E-state index in [4.69, 9.17) is 34.5 Å². The normalized spacial score (nSPS) is 35.7. The fourth-order valence-electron chi connectivity index (χ4n) is 7.17. The van der Waals surface area contributed by atoms with E-state index in [1.165, 1.54) is 35.9 Å². The Bertz CT molecular complexity index is 1380. The topological polar surface area (TPSA) is 145 Å². The van der Waals surface area contributed by atoms with Crippen LogP contribution in [0.25, 0.3) is 0 Å². The van der Waals surface area contributed by atoms with Crippen molar-refractivity contribution in [3.05, 3.63) is 36.7 Å². The number of hydrogen-bond acceptors (Lipinski definition) is 11. The maximum absolute atomic E-state index is 13.7. The molecule has 230 valence electrons. The molecule has 1 aromatic heterocycles. The van der Waals surface area contributed by atoms with Gasteiger partial charge in [-0.15, -0.1) is 0 Å². The lowest BCUT2D eigenvalue weighted by atomic mass is 9.58. The van der Waals surface area contributed by atoms with Crippen LogP contribution in [0.3, 0.4) is 0 Å². The summed E-state index contributed by atoms with van der Waals surface area (Å²) in [6, 6.07) is 7.55. The second-order valence-electron chi connectivity index (χ2n) is 12.1. The molecular formula is C29H40N4O8S. The zero-order valence-corrected chi connectivity index (χ0v) is 25.3. The van der Waals surface area contributed by atoms with Crippen LogP contribution in [0.2, 0.25) is 0 Å². The van der Waals surface area contributed by atoms with Crippen molar-refractivity contribution in [2.45, 2.75) is 81.7 Å². The van der Waals surface area contributed by atoms with Crippen molar-refractivity contribution in [2.75, 3.05) is 30.3 Å². The third kappa shape index (κ3) is 5.03. The number of methoxy groups -OCH3 is 1. The first kappa shape index (κ1) is 29.5. The molecule has 8 atom stereocenters. The summed E-state index contributed by atoms with van der Waals surface area (Å²) in [5.74, 6) is 0.485. The SMILES string of the molecule is COc1cc(N(CCCO[C@H]2O[C@@H]3O[C@@]4(C)CCC5[C@H](C)CC[C@@H]([C@H]2C)[C@]53OO4)S(=O)(=O)c2ccc(N)cc2)ncn1. The highest BCUT2D eigenvalue weighted by Gasteiger charge is 2.69. The number of nitrogens with zero attached hydrogens (tertiary/aromatic N) is 3. The summed E-state index contributed by atoms with van der Waals surface area (Å²) in [5, 5.41) is 0. The molecule has 1 saturated carbocycles. The standard InChI is InChI=1S/C29H40N4O8S/c1-18-6-11-23-19(2)26(38-27-29(23)22(18)12-13-28(3,39-27)40-41-29)37-15-5-14-33(24-16-25(36-4)32-17-31-24)42(34,35)21-9-7-20(30)8-10-21/h7-10,16-19,22-23,26-27H,5-6,11-15,30H2,1-4H3/t18-,19-,22?,23+,26+,27-,28-,29-/m1/s1. The number of sulfonamides is 1. The van der Waals surface area contributed by atoms with Crippen molar-refractivity contribution in [3.8, 4) is 5.88 Å². The van der Waals surface area contributed by atoms with Crippen LogP contribution in [-0.4, -0.2) is 62.6 Å². The Morgan fingerprint density at radius 3 is 2.64 bits per heavy atom. The van der Waals surface area contributed by atoms with Crippen molar-refractivity contribution >= 4 is 21.5 Å². The van der Waals surface area contributed by atoms with Gasteiger partial charge in [-0.2, -0.15) is 0 Å². The van der Waals surface area contributed by atoms with Gasteiger partial charge >= 0.3 is 0 Å². The summed E-state index contributed by atoms with van der Waals surface area (Å²) in [4.78, 5) is 20.4. The smallest absolute Gasteiger partial charge is 0.265 e. The van der Waals surface area contributed by atoms with E-state index in [9.17, 15) is 8.42 Å². The summed E-state index contributed by atoms with van der Waals surface area (Å²) in [7, 11) is -2.50. The van der Waals surface area contributed by atoms with Crippen molar-refractivity contribution in [2.24, 2.45) is 23.7 Å². The molecule has 4 aliphatic heterocycles. The number of aromatic nitrogens is 2. The van der Waals surface area contributed by atoms with E-state index in [2.05, 4.69) is 23.8 Å². The van der Waals surface area contributed by atoms with E-state index in [0.717, 1.165) is 25.7 Å². The van der Waals surface area contributed by atoms with Crippen LogP contribution in [-0.2, 0) is 34.0 Å². The van der Waals surface area contributed by atoms with Gasteiger partial charge < -0.3 is 24.7 Å². The predicted molar refractivity (Wildman–Crippen MR) is 151 cm³/mol. The zero-order chi connectivity index (χ0) is 29.7. The average molecular weight is 605 g/mol. The summed E-state index contributed by atoms with van der Waals surface area (Å²) < 4.78 is 53.1. The Kier molecular flexibility index (Phi) is 7.86. The molecule has 1 aliphatic carbocycles. The van der Waals surface area contributed by atoms with Crippen molar-refractivity contribution in [1.82, 2.24) is 9.97 Å². The molecule has 2 N–H and O–H groups in total. The number of ether oxygens (including phenoxy) is 4. The van der Waals surface area contributed by atoms with Crippen molar-refractivity contribution in [3.63, 3.8) is 0 Å². The fraction of sp³-hybridized carbons (Fsp3) is 0.655. The number of fused-ring (bicyclic) bond motifs is 2. The fourth-order valence-corrected chi connectivity index (χ4v) is 8.62. The van der Waals surface area contributed by atoms with Crippen LogP contribution in [0.4, 0.5) is 11.5 Å². The highest BCUT2D eigenvalue weighted by atomic mass is 32.2. The van der Waals surface area contributed by atoms with Gasteiger partial charge in [0.2, 0.25) is 11.7 Å². The average Bonchev–Trinajstić information content (AvgIpc) is 3.21. The molecule has 0 amide bonds. The highest BCUT2D eigenvalue weighted by Crippen LogP contribution is 2.60. The minimum atomic E-state index is -3.97. The predicted octanol–water partition coefficient (Wildman–Crippen LogP) is 3.88. The monoisotopic (exact) mass is 604 g/mol. The van der Waals surface area contributed by atoms with E-state index in [1.807, 2.05) is 6.92 Å². The molecule has 1 unspecified atom stereocenters. The minimum absolute atomic E-state index is 0.0200. The number of nitrogen functional groups attached to an aromatic ring is 1. The van der Waals surface area contributed by atoms with Gasteiger partial charge in [-0.05, 0) is 68.7 Å². The van der Waals surface area contributed by atoms with Crippen molar-refractivity contribution < 1.29 is 37.1 Å². The number of rotatable bonds is 9. The van der Waals surface area contributed by atoms with Gasteiger partial charge in [0.15, 0.2) is 18.2 Å². The van der Waals surface area contributed by atoms with E-state index < -0.39 is 34.0 Å². The molecule has 1 spiro atoms. The van der Waals surface area contributed by atoms with Gasteiger partial charge in [0.25, 0.3) is 10.0 Å². The van der Waals surface area contributed by atoms with Crippen molar-refractivity contribution in [1.29, 1.82) is 0 Å². The molecule has 12 nitrogen and oxygen atoms in total. The third-order valence-corrected chi connectivity index (χ3v) is 11.3. The Morgan fingerprint density at radius 2 is 1.88 bits per heavy atom. The minimum Gasteiger partial charge on any atom is -0.481 e. The molecular weight excluding hydrogens is 564 g/mol. The molecule has 2 aromatic rings. The number of anilines is 2. The van der Waals surface area contributed by atoms with E-state index >= 15 is 0 Å². The van der Waals surface area contributed by atoms with E-state index in [0.29, 0.717) is 18.0 Å². The summed E-state index contributed by atoms with van der Waals surface area (Å²) in [6.45, 7) is 6.66. The summed E-state index contributed by atoms with van der Waals surface area (Å²) >= 11 is 0. The molecule has 0 radical (unpaired) electrons. The molecule has 5 aliphatic rings. The quantitative estimate of drug-likeness (QED) is 0.253. The van der Waals surface area contributed by atoms with E-state index in [-0.39, 0.29) is 47.5 Å². The van der Waals surface area contributed by atoms with Gasteiger partial charge in [-0.25, -0.2) is 32.5 Å². The second-order valence-corrected chi connectivity index (χ2v) is 13.9. The molecule has 2 bridgehead atoms. The Balaban J connectivity index is 1.18. The van der Waals surface area contributed by atoms with Gasteiger partial charge in [0.05, 0.1) is 18.6 Å². The maximum atomic E-state index is 13.7. The van der Waals surface area contributed by atoms with Crippen LogP contribution < -0.4 is 14.8 Å². The Morgan fingerprint density at radius 1 is 1.10 bits per heavy atom. The third-order valence-electron chi connectivity index (χ3n) is 9.45. The maximum Gasteiger partial charge on any atom is 0.265 e. The van der Waals surface area contributed by atoms with Crippen LogP contribution >= 0.6 is 0 Å². The summed E-state index contributed by atoms with van der Waals surface area (Å²) in [5.41, 5.74) is 5.60.